The minimum Gasteiger partial charge on any atom is -0.316 e. The van der Waals surface area contributed by atoms with Gasteiger partial charge in [-0.15, -0.1) is 0 Å². The second-order valence-electron chi connectivity index (χ2n) is 4.65. The number of hydrogen-bond acceptors (Lipinski definition) is 2. The van der Waals surface area contributed by atoms with E-state index >= 15 is 0 Å². The van der Waals surface area contributed by atoms with Crippen LogP contribution in [0, 0.1) is 11.8 Å². The van der Waals surface area contributed by atoms with Gasteiger partial charge in [0.15, 0.2) is 0 Å². The fraction of sp³-hybridized carbons (Fsp3) is 0.583. The molecule has 1 aromatic rings. The second kappa shape index (κ2) is 3.35. The zero-order valence-corrected chi connectivity index (χ0v) is 8.32. The van der Waals surface area contributed by atoms with Crippen molar-refractivity contribution in [3.8, 4) is 0 Å². The normalized spacial score (nSPS) is 35.9. The highest BCUT2D eigenvalue weighted by atomic mass is 14.9. The van der Waals surface area contributed by atoms with Crippen molar-refractivity contribution < 1.29 is 0 Å². The van der Waals surface area contributed by atoms with E-state index in [1.807, 2.05) is 12.4 Å². The van der Waals surface area contributed by atoms with Crippen LogP contribution in [0.5, 0.6) is 0 Å². The summed E-state index contributed by atoms with van der Waals surface area (Å²) in [4.78, 5) is 4.22. The molecule has 2 nitrogen and oxygen atoms in total. The molecule has 14 heavy (non-hydrogen) atoms. The van der Waals surface area contributed by atoms with Crippen LogP contribution >= 0.6 is 0 Å². The summed E-state index contributed by atoms with van der Waals surface area (Å²) in [6.45, 7) is 2.43. The Morgan fingerprint density at radius 2 is 2.29 bits per heavy atom. The highest BCUT2D eigenvalue weighted by Crippen LogP contribution is 2.44. The van der Waals surface area contributed by atoms with Crippen LogP contribution in [0.2, 0.25) is 0 Å². The predicted octanol–water partition coefficient (Wildman–Crippen LogP) is 1.79. The summed E-state index contributed by atoms with van der Waals surface area (Å²) in [6, 6.07) is 4.30. The quantitative estimate of drug-likeness (QED) is 0.727. The van der Waals surface area contributed by atoms with Gasteiger partial charge in [-0.3, -0.25) is 4.98 Å². The van der Waals surface area contributed by atoms with Crippen molar-refractivity contribution in [3.05, 3.63) is 30.1 Å². The van der Waals surface area contributed by atoms with Crippen molar-refractivity contribution in [2.24, 2.45) is 11.8 Å². The van der Waals surface area contributed by atoms with E-state index < -0.39 is 0 Å². The topological polar surface area (TPSA) is 24.9 Å². The second-order valence-corrected chi connectivity index (χ2v) is 4.65. The van der Waals surface area contributed by atoms with Crippen LogP contribution in [-0.4, -0.2) is 18.1 Å². The maximum Gasteiger partial charge on any atom is 0.0302 e. The van der Waals surface area contributed by atoms with Crippen LogP contribution in [0.4, 0.5) is 0 Å². The van der Waals surface area contributed by atoms with Crippen molar-refractivity contribution in [2.45, 2.75) is 18.8 Å². The third kappa shape index (κ3) is 1.34. The van der Waals surface area contributed by atoms with Crippen LogP contribution in [0.3, 0.4) is 0 Å². The van der Waals surface area contributed by atoms with E-state index in [0.717, 1.165) is 17.8 Å². The minimum atomic E-state index is 0.767. The summed E-state index contributed by atoms with van der Waals surface area (Å²) in [6.07, 6.45) is 6.70. The van der Waals surface area contributed by atoms with Gasteiger partial charge in [0.05, 0.1) is 0 Å². The van der Waals surface area contributed by atoms with Gasteiger partial charge in [0.25, 0.3) is 0 Å². The number of fused-ring (bicyclic) bond motifs is 2. The molecule has 2 fully saturated rings. The van der Waals surface area contributed by atoms with E-state index in [1.54, 1.807) is 0 Å². The summed E-state index contributed by atoms with van der Waals surface area (Å²) in [5, 5.41) is 3.53. The van der Waals surface area contributed by atoms with Crippen molar-refractivity contribution in [2.75, 3.05) is 13.1 Å². The lowest BCUT2D eigenvalue weighted by atomic mass is 9.90. The smallest absolute Gasteiger partial charge is 0.0302 e. The molecule has 2 heteroatoms. The molecule has 3 atom stereocenters. The first-order valence-corrected chi connectivity index (χ1v) is 5.54. The minimum absolute atomic E-state index is 0.767. The molecule has 1 saturated heterocycles. The number of nitrogens with one attached hydrogen (secondary N) is 1. The van der Waals surface area contributed by atoms with Gasteiger partial charge in [-0.25, -0.2) is 0 Å². The van der Waals surface area contributed by atoms with E-state index in [-0.39, 0.29) is 0 Å². The number of rotatable bonds is 1. The molecule has 1 N–H and O–H groups in total. The summed E-state index contributed by atoms with van der Waals surface area (Å²) >= 11 is 0. The fourth-order valence-corrected chi connectivity index (χ4v) is 3.11. The molecule has 2 bridgehead atoms. The molecular formula is C12H16N2. The van der Waals surface area contributed by atoms with Crippen LogP contribution in [0.25, 0.3) is 0 Å². The molecule has 1 aliphatic carbocycles. The van der Waals surface area contributed by atoms with Gasteiger partial charge in [0.1, 0.15) is 0 Å². The molecule has 2 heterocycles. The van der Waals surface area contributed by atoms with Crippen LogP contribution < -0.4 is 5.32 Å². The lowest BCUT2D eigenvalue weighted by Gasteiger charge is -2.22. The Labute approximate surface area is 84.7 Å². The maximum atomic E-state index is 4.22. The number of nitrogens with zero attached hydrogens (tertiary/aromatic N) is 1. The third-order valence-corrected chi connectivity index (χ3v) is 3.74. The van der Waals surface area contributed by atoms with Gasteiger partial charge in [-0.2, -0.15) is 0 Å². The summed E-state index contributed by atoms with van der Waals surface area (Å²) in [7, 11) is 0. The Morgan fingerprint density at radius 1 is 1.29 bits per heavy atom. The van der Waals surface area contributed by atoms with E-state index in [4.69, 9.17) is 0 Å². The summed E-state index contributed by atoms with van der Waals surface area (Å²) in [5.74, 6) is 2.54. The SMILES string of the molecule is c1cncc(C2CC3CNCC2C3)c1. The van der Waals surface area contributed by atoms with Crippen molar-refractivity contribution in [3.63, 3.8) is 0 Å². The average molecular weight is 188 g/mol. The van der Waals surface area contributed by atoms with Gasteiger partial charge in [-0.05, 0) is 55.3 Å². The molecule has 3 unspecified atom stereocenters. The number of aromatic nitrogens is 1. The lowest BCUT2D eigenvalue weighted by Crippen LogP contribution is -2.31. The van der Waals surface area contributed by atoms with Gasteiger partial charge < -0.3 is 5.32 Å². The first-order valence-electron chi connectivity index (χ1n) is 5.54. The molecule has 1 aliphatic heterocycles. The number of piperidine rings is 1. The average Bonchev–Trinajstić information content (AvgIpc) is 2.55. The van der Waals surface area contributed by atoms with Crippen molar-refractivity contribution in [1.82, 2.24) is 10.3 Å². The molecule has 0 aromatic carbocycles. The molecule has 0 spiro atoms. The highest BCUT2D eigenvalue weighted by molar-refractivity contribution is 5.18. The molecular weight excluding hydrogens is 172 g/mol. The van der Waals surface area contributed by atoms with Crippen molar-refractivity contribution in [1.29, 1.82) is 0 Å². The van der Waals surface area contributed by atoms with E-state index in [0.29, 0.717) is 0 Å². The zero-order valence-electron chi connectivity index (χ0n) is 8.32. The monoisotopic (exact) mass is 188 g/mol. The summed E-state index contributed by atoms with van der Waals surface area (Å²) in [5.41, 5.74) is 1.45. The first kappa shape index (κ1) is 8.42. The molecule has 1 aromatic heterocycles. The van der Waals surface area contributed by atoms with Gasteiger partial charge in [-0.1, -0.05) is 6.07 Å². The largest absolute Gasteiger partial charge is 0.316 e. The molecule has 1 saturated carbocycles. The fourth-order valence-electron chi connectivity index (χ4n) is 3.11. The van der Waals surface area contributed by atoms with Gasteiger partial charge >= 0.3 is 0 Å². The van der Waals surface area contributed by atoms with Crippen LogP contribution in [0.15, 0.2) is 24.5 Å². The Morgan fingerprint density at radius 3 is 3.07 bits per heavy atom. The Hall–Kier alpha value is -0.890. The summed E-state index contributed by atoms with van der Waals surface area (Å²) < 4.78 is 0. The third-order valence-electron chi connectivity index (χ3n) is 3.74. The molecule has 0 radical (unpaired) electrons. The molecule has 3 rings (SSSR count). The van der Waals surface area contributed by atoms with Crippen molar-refractivity contribution >= 4 is 0 Å². The molecule has 0 amide bonds. The van der Waals surface area contributed by atoms with E-state index in [2.05, 4.69) is 22.4 Å². The number of hydrogen-bond donors (Lipinski definition) is 1. The Kier molecular flexibility index (Phi) is 2.02. The molecule has 2 aliphatic rings. The van der Waals surface area contributed by atoms with Gasteiger partial charge in [0.2, 0.25) is 0 Å². The Bertz CT molecular complexity index is 309. The standard InChI is InChI=1S/C12H16N2/c1-2-10(7-13-3-1)12-5-9-4-11(12)8-14-6-9/h1-3,7,9,11-12,14H,4-6,8H2. The highest BCUT2D eigenvalue weighted by Gasteiger charge is 2.37. The van der Waals surface area contributed by atoms with E-state index in [1.165, 1.54) is 31.5 Å². The zero-order chi connectivity index (χ0) is 9.38. The van der Waals surface area contributed by atoms with E-state index in [9.17, 15) is 0 Å². The Balaban J connectivity index is 1.86. The van der Waals surface area contributed by atoms with Gasteiger partial charge in [0, 0.05) is 12.4 Å². The predicted molar refractivity (Wildman–Crippen MR) is 56.1 cm³/mol. The van der Waals surface area contributed by atoms with Crippen LogP contribution in [0.1, 0.15) is 24.3 Å². The lowest BCUT2D eigenvalue weighted by molar-refractivity contribution is 0.370. The number of pyridine rings is 1. The van der Waals surface area contributed by atoms with Crippen LogP contribution in [-0.2, 0) is 0 Å². The molecule has 74 valence electrons. The maximum absolute atomic E-state index is 4.22. The first-order chi connectivity index (χ1) is 6.93.